The van der Waals surface area contributed by atoms with Crippen LogP contribution >= 0.6 is 11.8 Å². The van der Waals surface area contributed by atoms with Gasteiger partial charge in [-0.05, 0) is 49.7 Å². The zero-order chi connectivity index (χ0) is 19.4. The summed E-state index contributed by atoms with van der Waals surface area (Å²) < 4.78 is 5.94. The van der Waals surface area contributed by atoms with Crippen molar-refractivity contribution >= 4 is 29.0 Å². The van der Waals surface area contributed by atoms with E-state index in [1.54, 1.807) is 6.08 Å². The molecule has 1 aliphatic heterocycles. The minimum atomic E-state index is -0.260. The lowest BCUT2D eigenvalue weighted by molar-refractivity contribution is -0.123. The molecule has 0 aromatic heterocycles. The van der Waals surface area contributed by atoms with Crippen molar-refractivity contribution < 1.29 is 14.3 Å². The highest BCUT2D eigenvalue weighted by atomic mass is 32.2. The van der Waals surface area contributed by atoms with E-state index in [0.29, 0.717) is 4.91 Å². The van der Waals surface area contributed by atoms with Gasteiger partial charge in [0.05, 0.1) is 17.6 Å². The standard InChI is InChI=1S/C22H23NO3S/c1-4-16(3)26-19-8-6-5-7-18(19)13-20-21(24)23(22(25)27-20)14-17-11-9-15(2)10-12-17/h5-13,16H,4,14H2,1-3H3/b20-13+/t16-/m1/s1. The summed E-state index contributed by atoms with van der Waals surface area (Å²) in [7, 11) is 0. The monoisotopic (exact) mass is 381 g/mol. The molecule has 1 fully saturated rings. The number of carbonyl (C=O) groups is 2. The van der Waals surface area contributed by atoms with Crippen molar-refractivity contribution in [1.82, 2.24) is 4.90 Å². The van der Waals surface area contributed by atoms with Crippen LogP contribution in [0.2, 0.25) is 0 Å². The summed E-state index contributed by atoms with van der Waals surface area (Å²) in [6.45, 7) is 6.36. The summed E-state index contributed by atoms with van der Waals surface area (Å²) in [5.74, 6) is 0.459. The number of carbonyl (C=O) groups excluding carboxylic acids is 2. The van der Waals surface area contributed by atoms with Crippen molar-refractivity contribution in [2.45, 2.75) is 39.8 Å². The number of aryl methyl sites for hydroxylation is 1. The number of hydrogen-bond donors (Lipinski definition) is 0. The molecule has 0 bridgehead atoms. The lowest BCUT2D eigenvalue weighted by Crippen LogP contribution is -2.27. The molecule has 1 aliphatic rings. The molecule has 1 saturated heterocycles. The van der Waals surface area contributed by atoms with Crippen molar-refractivity contribution in [3.05, 3.63) is 70.1 Å². The van der Waals surface area contributed by atoms with Gasteiger partial charge in [-0.25, -0.2) is 0 Å². The zero-order valence-corrected chi connectivity index (χ0v) is 16.6. The number of ether oxygens (including phenoxy) is 1. The molecule has 2 amide bonds. The fraction of sp³-hybridized carbons (Fsp3) is 0.273. The van der Waals surface area contributed by atoms with Gasteiger partial charge in [-0.2, -0.15) is 0 Å². The highest BCUT2D eigenvalue weighted by Crippen LogP contribution is 2.35. The molecule has 0 unspecified atom stereocenters. The molecule has 0 N–H and O–H groups in total. The van der Waals surface area contributed by atoms with Crippen LogP contribution < -0.4 is 4.74 Å². The average Bonchev–Trinajstić information content (AvgIpc) is 2.92. The first kappa shape index (κ1) is 19.2. The molecule has 3 rings (SSSR count). The minimum absolute atomic E-state index is 0.0798. The third kappa shape index (κ3) is 4.61. The number of hydrogen-bond acceptors (Lipinski definition) is 4. The van der Waals surface area contributed by atoms with Gasteiger partial charge in [0.2, 0.25) is 0 Å². The molecule has 0 spiro atoms. The summed E-state index contributed by atoms with van der Waals surface area (Å²) >= 11 is 0.975. The van der Waals surface area contributed by atoms with Crippen molar-refractivity contribution in [3.8, 4) is 5.75 Å². The molecular weight excluding hydrogens is 358 g/mol. The molecule has 2 aromatic rings. The fourth-order valence-electron chi connectivity index (χ4n) is 2.66. The molecule has 1 atom stereocenters. The second-order valence-electron chi connectivity index (χ2n) is 6.63. The Bertz CT molecular complexity index is 873. The average molecular weight is 381 g/mol. The Morgan fingerprint density at radius 2 is 1.81 bits per heavy atom. The molecule has 5 heteroatoms. The molecule has 4 nitrogen and oxygen atoms in total. The Labute approximate surface area is 164 Å². The highest BCUT2D eigenvalue weighted by Gasteiger charge is 2.35. The summed E-state index contributed by atoms with van der Waals surface area (Å²) in [6.07, 6.45) is 2.72. The fourth-order valence-corrected chi connectivity index (χ4v) is 3.49. The van der Waals surface area contributed by atoms with Crippen molar-refractivity contribution in [1.29, 1.82) is 0 Å². The van der Waals surface area contributed by atoms with Crippen LogP contribution in [0, 0.1) is 6.92 Å². The SMILES string of the molecule is CC[C@@H](C)Oc1ccccc1/C=C1/SC(=O)N(Cc2ccc(C)cc2)C1=O. The van der Waals surface area contributed by atoms with Crippen LogP contribution in [0.15, 0.2) is 53.4 Å². The quantitative estimate of drug-likeness (QED) is 0.628. The molecule has 0 aliphatic carbocycles. The number of para-hydroxylation sites is 1. The number of thioether (sulfide) groups is 1. The lowest BCUT2D eigenvalue weighted by Gasteiger charge is -2.15. The summed E-state index contributed by atoms with van der Waals surface area (Å²) in [6, 6.07) is 15.4. The first-order chi connectivity index (χ1) is 13.0. The van der Waals surface area contributed by atoms with Gasteiger partial charge in [0.15, 0.2) is 0 Å². The largest absolute Gasteiger partial charge is 0.490 e. The maximum atomic E-state index is 12.8. The van der Waals surface area contributed by atoms with Crippen molar-refractivity contribution in [2.24, 2.45) is 0 Å². The number of rotatable bonds is 6. The Morgan fingerprint density at radius 3 is 2.52 bits per heavy atom. The number of amides is 2. The van der Waals surface area contributed by atoms with Gasteiger partial charge in [-0.1, -0.05) is 55.0 Å². The number of imide groups is 1. The Hall–Kier alpha value is -2.53. The first-order valence-electron chi connectivity index (χ1n) is 9.04. The van der Waals surface area contributed by atoms with Crippen LogP contribution in [0.4, 0.5) is 4.79 Å². The van der Waals surface area contributed by atoms with E-state index in [1.807, 2.05) is 62.4 Å². The van der Waals surface area contributed by atoms with Crippen molar-refractivity contribution in [2.75, 3.05) is 0 Å². The van der Waals surface area contributed by atoms with E-state index >= 15 is 0 Å². The number of benzene rings is 2. The molecule has 0 radical (unpaired) electrons. The van der Waals surface area contributed by atoms with E-state index < -0.39 is 0 Å². The maximum absolute atomic E-state index is 12.8. The predicted octanol–water partition coefficient (Wildman–Crippen LogP) is 5.41. The predicted molar refractivity (Wildman–Crippen MR) is 110 cm³/mol. The lowest BCUT2D eigenvalue weighted by atomic mass is 10.1. The first-order valence-corrected chi connectivity index (χ1v) is 9.86. The third-order valence-corrected chi connectivity index (χ3v) is 5.35. The van der Waals surface area contributed by atoms with E-state index in [-0.39, 0.29) is 23.8 Å². The van der Waals surface area contributed by atoms with Crippen LogP contribution in [0.5, 0.6) is 5.75 Å². The number of nitrogens with zero attached hydrogens (tertiary/aromatic N) is 1. The van der Waals surface area contributed by atoms with Gasteiger partial charge < -0.3 is 4.74 Å². The summed E-state index contributed by atoms with van der Waals surface area (Å²) in [5.41, 5.74) is 2.88. The smallest absolute Gasteiger partial charge is 0.293 e. The van der Waals surface area contributed by atoms with Gasteiger partial charge in [0, 0.05) is 5.56 Å². The second-order valence-corrected chi connectivity index (χ2v) is 7.62. The van der Waals surface area contributed by atoms with E-state index in [9.17, 15) is 9.59 Å². The molecule has 27 heavy (non-hydrogen) atoms. The van der Waals surface area contributed by atoms with Gasteiger partial charge >= 0.3 is 0 Å². The van der Waals surface area contributed by atoms with E-state index in [4.69, 9.17) is 4.74 Å². The normalized spacial score (nSPS) is 16.9. The van der Waals surface area contributed by atoms with Gasteiger partial charge in [0.1, 0.15) is 5.75 Å². The second kappa shape index (κ2) is 8.44. The Kier molecular flexibility index (Phi) is 6.01. The van der Waals surface area contributed by atoms with Crippen LogP contribution in [0.3, 0.4) is 0 Å². The summed E-state index contributed by atoms with van der Waals surface area (Å²) in [4.78, 5) is 26.8. The Balaban J connectivity index is 1.81. The molecular formula is C22H23NO3S. The van der Waals surface area contributed by atoms with Crippen molar-refractivity contribution in [3.63, 3.8) is 0 Å². The molecule has 140 valence electrons. The van der Waals surface area contributed by atoms with Gasteiger partial charge in [-0.15, -0.1) is 0 Å². The minimum Gasteiger partial charge on any atom is -0.490 e. The van der Waals surface area contributed by atoms with E-state index in [2.05, 4.69) is 6.92 Å². The maximum Gasteiger partial charge on any atom is 0.293 e. The zero-order valence-electron chi connectivity index (χ0n) is 15.8. The van der Waals surface area contributed by atoms with Crippen LogP contribution in [-0.2, 0) is 11.3 Å². The Morgan fingerprint density at radius 1 is 1.11 bits per heavy atom. The molecule has 2 aromatic carbocycles. The molecule has 1 heterocycles. The highest BCUT2D eigenvalue weighted by molar-refractivity contribution is 8.18. The van der Waals surface area contributed by atoms with E-state index in [1.165, 1.54) is 4.90 Å². The van der Waals surface area contributed by atoms with Crippen LogP contribution in [-0.4, -0.2) is 22.2 Å². The van der Waals surface area contributed by atoms with Crippen LogP contribution in [0.1, 0.15) is 37.0 Å². The third-order valence-electron chi connectivity index (χ3n) is 4.44. The van der Waals surface area contributed by atoms with E-state index in [0.717, 1.165) is 40.6 Å². The van der Waals surface area contributed by atoms with Crippen LogP contribution in [0.25, 0.3) is 6.08 Å². The topological polar surface area (TPSA) is 46.6 Å². The van der Waals surface area contributed by atoms with Gasteiger partial charge in [0.25, 0.3) is 11.1 Å². The summed E-state index contributed by atoms with van der Waals surface area (Å²) in [5, 5.41) is -0.243. The molecule has 0 saturated carbocycles. The van der Waals surface area contributed by atoms with Gasteiger partial charge in [-0.3, -0.25) is 14.5 Å².